The van der Waals surface area contributed by atoms with Gasteiger partial charge >= 0.3 is 5.97 Å². The molecule has 0 saturated heterocycles. The molecule has 0 radical (unpaired) electrons. The number of halogens is 1. The minimum atomic E-state index is -3.68. The van der Waals surface area contributed by atoms with Gasteiger partial charge in [-0.25, -0.2) is 22.1 Å². The summed E-state index contributed by atoms with van der Waals surface area (Å²) in [4.78, 5) is 12.0. The van der Waals surface area contributed by atoms with Crippen LogP contribution in [0.15, 0.2) is 36.5 Å². The molecule has 0 aliphatic heterocycles. The SMILES string of the molecule is O=C(O)c1c(-c2ccc(F)cc2)nn2cc(NS(=O)(=O)CCCO)c(C3CC3)cc12. The van der Waals surface area contributed by atoms with Crippen LogP contribution in [0.1, 0.15) is 41.1 Å². The average molecular weight is 433 g/mol. The standard InChI is InChI=1S/C20H20FN3O5S/c21-14-6-4-13(5-7-14)19-18(20(26)27)17-10-15(12-2-3-12)16(11-24(17)22-19)23-30(28,29)9-1-8-25/h4-7,10-12,23,25H,1-3,8-9H2,(H,26,27). The fraction of sp³-hybridized carbons (Fsp3) is 0.300. The van der Waals surface area contributed by atoms with Crippen LogP contribution in [-0.2, 0) is 10.0 Å². The fourth-order valence-corrected chi connectivity index (χ4v) is 4.53. The van der Waals surface area contributed by atoms with Crippen molar-refractivity contribution in [1.29, 1.82) is 0 Å². The largest absolute Gasteiger partial charge is 0.478 e. The third-order valence-corrected chi connectivity index (χ3v) is 6.34. The number of hydrogen-bond donors (Lipinski definition) is 3. The number of anilines is 1. The quantitative estimate of drug-likeness (QED) is 0.502. The smallest absolute Gasteiger partial charge is 0.340 e. The summed E-state index contributed by atoms with van der Waals surface area (Å²) in [6.07, 6.45) is 3.33. The van der Waals surface area contributed by atoms with E-state index in [1.165, 1.54) is 35.0 Å². The van der Waals surface area contributed by atoms with Crippen LogP contribution in [0, 0.1) is 5.82 Å². The Balaban J connectivity index is 1.86. The van der Waals surface area contributed by atoms with Crippen molar-refractivity contribution in [2.24, 2.45) is 0 Å². The van der Waals surface area contributed by atoms with E-state index in [0.717, 1.165) is 12.8 Å². The number of aliphatic hydroxyl groups excluding tert-OH is 1. The molecule has 1 aliphatic carbocycles. The third-order valence-electron chi connectivity index (χ3n) is 4.99. The van der Waals surface area contributed by atoms with E-state index in [1.54, 1.807) is 6.07 Å². The van der Waals surface area contributed by atoms with E-state index in [2.05, 4.69) is 9.82 Å². The second-order valence-corrected chi connectivity index (χ2v) is 9.12. The molecule has 10 heteroatoms. The second-order valence-electron chi connectivity index (χ2n) is 7.28. The summed E-state index contributed by atoms with van der Waals surface area (Å²) in [5, 5.41) is 23.1. The van der Waals surface area contributed by atoms with Gasteiger partial charge in [0.15, 0.2) is 0 Å². The van der Waals surface area contributed by atoms with Crippen LogP contribution >= 0.6 is 0 Å². The first-order valence-corrected chi connectivity index (χ1v) is 11.1. The van der Waals surface area contributed by atoms with Crippen molar-refractivity contribution < 1.29 is 27.8 Å². The zero-order valence-electron chi connectivity index (χ0n) is 15.9. The van der Waals surface area contributed by atoms with Crippen LogP contribution < -0.4 is 4.72 Å². The molecule has 0 bridgehead atoms. The highest BCUT2D eigenvalue weighted by Gasteiger charge is 2.30. The Labute approximate surface area is 172 Å². The van der Waals surface area contributed by atoms with Gasteiger partial charge in [-0.05, 0) is 61.1 Å². The van der Waals surface area contributed by atoms with E-state index < -0.39 is 21.8 Å². The zero-order valence-corrected chi connectivity index (χ0v) is 16.7. The molecule has 30 heavy (non-hydrogen) atoms. The molecular formula is C20H20FN3O5S. The van der Waals surface area contributed by atoms with E-state index in [-0.39, 0.29) is 36.0 Å². The van der Waals surface area contributed by atoms with E-state index >= 15 is 0 Å². The van der Waals surface area contributed by atoms with Gasteiger partial charge in [-0.3, -0.25) is 4.72 Å². The Kier molecular flexibility index (Phi) is 5.20. The summed E-state index contributed by atoms with van der Waals surface area (Å²) in [6.45, 7) is -0.239. The van der Waals surface area contributed by atoms with Gasteiger partial charge in [-0.15, -0.1) is 0 Å². The Morgan fingerprint density at radius 2 is 1.97 bits per heavy atom. The van der Waals surface area contributed by atoms with Crippen molar-refractivity contribution in [1.82, 2.24) is 9.61 Å². The number of fused-ring (bicyclic) bond motifs is 1. The molecular weight excluding hydrogens is 413 g/mol. The number of hydrogen-bond acceptors (Lipinski definition) is 5. The van der Waals surface area contributed by atoms with Gasteiger partial charge in [0.2, 0.25) is 10.0 Å². The summed E-state index contributed by atoms with van der Waals surface area (Å²) in [7, 11) is -3.68. The lowest BCUT2D eigenvalue weighted by molar-refractivity contribution is 0.0699. The molecule has 0 spiro atoms. The number of aliphatic hydroxyl groups is 1. The van der Waals surface area contributed by atoms with Crippen LogP contribution in [0.4, 0.5) is 10.1 Å². The van der Waals surface area contributed by atoms with Crippen molar-refractivity contribution in [3.63, 3.8) is 0 Å². The minimum Gasteiger partial charge on any atom is -0.478 e. The number of carboxylic acids is 1. The monoisotopic (exact) mass is 433 g/mol. The predicted molar refractivity (Wildman–Crippen MR) is 109 cm³/mol. The molecule has 8 nitrogen and oxygen atoms in total. The van der Waals surface area contributed by atoms with Gasteiger partial charge < -0.3 is 10.2 Å². The fourth-order valence-electron chi connectivity index (χ4n) is 3.42. The first-order valence-electron chi connectivity index (χ1n) is 9.46. The number of benzene rings is 1. The third kappa shape index (κ3) is 4.01. The first-order chi connectivity index (χ1) is 14.3. The van der Waals surface area contributed by atoms with Gasteiger partial charge in [-0.2, -0.15) is 5.10 Å². The zero-order chi connectivity index (χ0) is 21.5. The second kappa shape index (κ2) is 7.69. The summed E-state index contributed by atoms with van der Waals surface area (Å²) in [5.41, 5.74) is 1.97. The van der Waals surface area contributed by atoms with Crippen LogP contribution in [0.3, 0.4) is 0 Å². The van der Waals surface area contributed by atoms with Crippen molar-refractivity contribution in [3.8, 4) is 11.3 Å². The Morgan fingerprint density at radius 1 is 1.27 bits per heavy atom. The molecule has 1 fully saturated rings. The average Bonchev–Trinajstić information content (AvgIpc) is 3.46. The molecule has 0 unspecified atom stereocenters. The molecule has 3 aromatic rings. The van der Waals surface area contributed by atoms with Gasteiger partial charge in [-0.1, -0.05) is 0 Å². The number of carbonyl (C=O) groups is 1. The number of pyridine rings is 1. The normalized spacial score (nSPS) is 14.2. The molecule has 2 heterocycles. The maximum atomic E-state index is 13.3. The first kappa shape index (κ1) is 20.3. The lowest BCUT2D eigenvalue weighted by Gasteiger charge is -2.13. The topological polar surface area (TPSA) is 121 Å². The van der Waals surface area contributed by atoms with Crippen LogP contribution in [0.2, 0.25) is 0 Å². The number of aromatic nitrogens is 2. The van der Waals surface area contributed by atoms with Crippen molar-refractivity contribution >= 4 is 27.2 Å². The highest BCUT2D eigenvalue weighted by Crippen LogP contribution is 2.44. The van der Waals surface area contributed by atoms with Gasteiger partial charge in [0.25, 0.3) is 0 Å². The number of carboxylic acid groups (broad SMARTS) is 1. The van der Waals surface area contributed by atoms with Crippen molar-refractivity contribution in [2.45, 2.75) is 25.2 Å². The molecule has 1 saturated carbocycles. The molecule has 3 N–H and O–H groups in total. The predicted octanol–water partition coefficient (Wildman–Crippen LogP) is 2.84. The Morgan fingerprint density at radius 3 is 2.57 bits per heavy atom. The Hall–Kier alpha value is -2.98. The van der Waals surface area contributed by atoms with Gasteiger partial charge in [0.05, 0.1) is 23.2 Å². The Bertz CT molecular complexity index is 1220. The molecule has 2 aromatic heterocycles. The summed E-state index contributed by atoms with van der Waals surface area (Å²) in [6, 6.07) is 7.00. The summed E-state index contributed by atoms with van der Waals surface area (Å²) >= 11 is 0. The number of nitrogens with zero attached hydrogens (tertiary/aromatic N) is 2. The van der Waals surface area contributed by atoms with Gasteiger partial charge in [0, 0.05) is 12.2 Å². The van der Waals surface area contributed by atoms with Crippen molar-refractivity contribution in [2.75, 3.05) is 17.1 Å². The molecule has 158 valence electrons. The molecule has 1 aliphatic rings. The maximum absolute atomic E-state index is 13.3. The van der Waals surface area contributed by atoms with Gasteiger partial charge in [0.1, 0.15) is 17.1 Å². The number of rotatable bonds is 8. The van der Waals surface area contributed by atoms with Crippen molar-refractivity contribution in [3.05, 3.63) is 53.5 Å². The molecule has 0 amide bonds. The highest BCUT2D eigenvalue weighted by atomic mass is 32.2. The molecule has 1 aromatic carbocycles. The van der Waals surface area contributed by atoms with Crippen LogP contribution in [0.25, 0.3) is 16.8 Å². The van der Waals surface area contributed by atoms with Crippen LogP contribution in [0.5, 0.6) is 0 Å². The maximum Gasteiger partial charge on any atom is 0.340 e. The number of aromatic carboxylic acids is 1. The van der Waals surface area contributed by atoms with E-state index in [1.807, 2.05) is 0 Å². The summed E-state index contributed by atoms with van der Waals surface area (Å²) < 4.78 is 41.9. The van der Waals surface area contributed by atoms with E-state index in [4.69, 9.17) is 5.11 Å². The van der Waals surface area contributed by atoms with Crippen LogP contribution in [-0.4, -0.2) is 46.6 Å². The highest BCUT2D eigenvalue weighted by molar-refractivity contribution is 7.92. The summed E-state index contributed by atoms with van der Waals surface area (Å²) in [5.74, 6) is -1.72. The lowest BCUT2D eigenvalue weighted by atomic mass is 10.0. The number of sulfonamides is 1. The lowest BCUT2D eigenvalue weighted by Crippen LogP contribution is -2.19. The minimum absolute atomic E-state index is 0.0294. The molecule has 4 rings (SSSR count). The van der Waals surface area contributed by atoms with E-state index in [9.17, 15) is 22.7 Å². The number of nitrogens with one attached hydrogen (secondary N) is 1. The van der Waals surface area contributed by atoms with E-state index in [0.29, 0.717) is 22.3 Å². The molecule has 0 atom stereocenters.